The van der Waals surface area contributed by atoms with Crippen LogP contribution in [0.2, 0.25) is 0 Å². The van der Waals surface area contributed by atoms with Crippen molar-refractivity contribution in [3.63, 3.8) is 0 Å². The lowest BCUT2D eigenvalue weighted by atomic mass is 10.2. The van der Waals surface area contributed by atoms with E-state index in [0.717, 1.165) is 15.3 Å². The van der Waals surface area contributed by atoms with E-state index in [1.807, 2.05) is 49.4 Å². The maximum atomic E-state index is 12.5. The molecule has 0 spiro atoms. The van der Waals surface area contributed by atoms with Crippen LogP contribution in [0, 0.1) is 6.92 Å². The topological polar surface area (TPSA) is 104 Å². The standard InChI is InChI=1S/C22H21N3O4S2/c1-16-10-11-19(30-16)12-13-21(26)24-25-22(27)18-8-5-9-20(14-18)31(28,29)23-15-17-6-3-2-4-7-17/h2-14,23H,15H2,1H3,(H,24,26)(H,25,27)/b13-12+. The average molecular weight is 456 g/mol. The van der Waals surface area contributed by atoms with Gasteiger partial charge in [-0.15, -0.1) is 11.3 Å². The predicted octanol–water partition coefficient (Wildman–Crippen LogP) is 3.01. The average Bonchev–Trinajstić information content (AvgIpc) is 3.20. The summed E-state index contributed by atoms with van der Waals surface area (Å²) in [4.78, 5) is 26.2. The van der Waals surface area contributed by atoms with Gasteiger partial charge >= 0.3 is 0 Å². The minimum atomic E-state index is -3.81. The molecular formula is C22H21N3O4S2. The molecule has 0 unspecified atom stereocenters. The van der Waals surface area contributed by atoms with Crippen LogP contribution in [0.25, 0.3) is 6.08 Å². The highest BCUT2D eigenvalue weighted by Crippen LogP contribution is 2.16. The minimum Gasteiger partial charge on any atom is -0.268 e. The molecular weight excluding hydrogens is 434 g/mol. The summed E-state index contributed by atoms with van der Waals surface area (Å²) < 4.78 is 27.6. The number of aryl methyl sites for hydroxylation is 1. The van der Waals surface area contributed by atoms with Crippen molar-refractivity contribution in [2.75, 3.05) is 0 Å². The first kappa shape index (κ1) is 22.4. The Kier molecular flexibility index (Phi) is 7.35. The van der Waals surface area contributed by atoms with Crippen LogP contribution in [0.15, 0.2) is 77.7 Å². The first-order chi connectivity index (χ1) is 14.8. The Hall–Kier alpha value is -3.27. The Morgan fingerprint density at radius 3 is 2.45 bits per heavy atom. The van der Waals surface area contributed by atoms with E-state index in [0.29, 0.717) is 0 Å². The van der Waals surface area contributed by atoms with Crippen molar-refractivity contribution in [2.24, 2.45) is 0 Å². The second-order valence-electron chi connectivity index (χ2n) is 6.56. The van der Waals surface area contributed by atoms with Crippen molar-refractivity contribution in [3.05, 3.63) is 93.7 Å². The lowest BCUT2D eigenvalue weighted by molar-refractivity contribution is -0.117. The molecule has 1 heterocycles. The summed E-state index contributed by atoms with van der Waals surface area (Å²) in [5, 5.41) is 0. The molecule has 2 aromatic carbocycles. The van der Waals surface area contributed by atoms with Crippen LogP contribution in [0.1, 0.15) is 25.7 Å². The van der Waals surface area contributed by atoms with Gasteiger partial charge in [-0.2, -0.15) is 0 Å². The predicted molar refractivity (Wildman–Crippen MR) is 121 cm³/mol. The summed E-state index contributed by atoms with van der Waals surface area (Å²) in [6.45, 7) is 2.10. The van der Waals surface area contributed by atoms with Gasteiger partial charge in [-0.3, -0.25) is 20.4 Å². The molecule has 0 aliphatic rings. The summed E-state index contributed by atoms with van der Waals surface area (Å²) in [5.74, 6) is -1.14. The van der Waals surface area contributed by atoms with E-state index in [2.05, 4.69) is 15.6 Å². The lowest BCUT2D eigenvalue weighted by Gasteiger charge is -2.09. The van der Waals surface area contributed by atoms with Crippen molar-refractivity contribution in [2.45, 2.75) is 18.4 Å². The summed E-state index contributed by atoms with van der Waals surface area (Å²) in [7, 11) is -3.81. The SMILES string of the molecule is Cc1ccc(/C=C/C(=O)NNC(=O)c2cccc(S(=O)(=O)NCc3ccccc3)c2)s1. The van der Waals surface area contributed by atoms with Gasteiger partial charge in [-0.05, 0) is 48.9 Å². The smallest absolute Gasteiger partial charge is 0.268 e. The Morgan fingerprint density at radius 2 is 1.74 bits per heavy atom. The van der Waals surface area contributed by atoms with Crippen LogP contribution in [0.5, 0.6) is 0 Å². The number of nitrogens with one attached hydrogen (secondary N) is 3. The van der Waals surface area contributed by atoms with Gasteiger partial charge in [0.1, 0.15) is 0 Å². The normalized spacial score (nSPS) is 11.4. The number of hydrazine groups is 1. The summed E-state index contributed by atoms with van der Waals surface area (Å²) in [6.07, 6.45) is 2.95. The number of rotatable bonds is 7. The number of benzene rings is 2. The van der Waals surface area contributed by atoms with Crippen molar-refractivity contribution in [1.82, 2.24) is 15.6 Å². The third kappa shape index (κ3) is 6.61. The number of thiophene rings is 1. The Balaban J connectivity index is 1.58. The van der Waals surface area contributed by atoms with Crippen molar-refractivity contribution >= 4 is 39.3 Å². The van der Waals surface area contributed by atoms with Crippen LogP contribution in [-0.4, -0.2) is 20.2 Å². The third-order valence-corrected chi connectivity index (χ3v) is 6.54. The van der Waals surface area contributed by atoms with Gasteiger partial charge in [0.25, 0.3) is 11.8 Å². The molecule has 3 aromatic rings. The maximum absolute atomic E-state index is 12.5. The van der Waals surface area contributed by atoms with E-state index < -0.39 is 21.8 Å². The molecule has 0 atom stereocenters. The summed E-state index contributed by atoms with van der Waals surface area (Å²) in [5.41, 5.74) is 5.46. The monoisotopic (exact) mass is 455 g/mol. The van der Waals surface area contributed by atoms with E-state index in [1.54, 1.807) is 17.4 Å². The molecule has 0 aliphatic heterocycles. The number of hydrogen-bond donors (Lipinski definition) is 3. The van der Waals surface area contributed by atoms with Crippen LogP contribution >= 0.6 is 11.3 Å². The van der Waals surface area contributed by atoms with Gasteiger partial charge in [-0.1, -0.05) is 36.4 Å². The fourth-order valence-electron chi connectivity index (χ4n) is 2.60. The Morgan fingerprint density at radius 1 is 0.968 bits per heavy atom. The van der Waals surface area contributed by atoms with Gasteiger partial charge in [0.05, 0.1) is 4.90 Å². The molecule has 160 valence electrons. The molecule has 0 fully saturated rings. The fourth-order valence-corrected chi connectivity index (χ4v) is 4.44. The molecule has 2 amide bonds. The number of carbonyl (C=O) groups is 2. The minimum absolute atomic E-state index is 0.0460. The van der Waals surface area contributed by atoms with Gasteiger partial charge in [0.2, 0.25) is 10.0 Å². The van der Waals surface area contributed by atoms with Crippen LogP contribution in [-0.2, 0) is 21.4 Å². The van der Waals surface area contributed by atoms with Crippen molar-refractivity contribution in [3.8, 4) is 0 Å². The number of hydrogen-bond acceptors (Lipinski definition) is 5. The van der Waals surface area contributed by atoms with E-state index in [-0.39, 0.29) is 17.0 Å². The number of carbonyl (C=O) groups excluding carboxylic acids is 2. The van der Waals surface area contributed by atoms with Crippen LogP contribution in [0.4, 0.5) is 0 Å². The third-order valence-electron chi connectivity index (χ3n) is 4.18. The van der Waals surface area contributed by atoms with Crippen molar-refractivity contribution < 1.29 is 18.0 Å². The zero-order valence-corrected chi connectivity index (χ0v) is 18.3. The van der Waals surface area contributed by atoms with Gasteiger partial charge < -0.3 is 0 Å². The molecule has 31 heavy (non-hydrogen) atoms. The van der Waals surface area contributed by atoms with Crippen LogP contribution < -0.4 is 15.6 Å². The molecule has 9 heteroatoms. The quantitative estimate of drug-likeness (QED) is 0.376. The van der Waals surface area contributed by atoms with Crippen molar-refractivity contribution in [1.29, 1.82) is 0 Å². The van der Waals surface area contributed by atoms with Gasteiger partial charge in [-0.25, -0.2) is 13.1 Å². The first-order valence-corrected chi connectivity index (χ1v) is 11.6. The zero-order valence-electron chi connectivity index (χ0n) is 16.7. The molecule has 0 saturated heterocycles. The molecule has 0 aliphatic carbocycles. The number of amides is 2. The molecule has 3 rings (SSSR count). The highest BCUT2D eigenvalue weighted by Gasteiger charge is 2.16. The largest absolute Gasteiger partial charge is 0.269 e. The van der Waals surface area contributed by atoms with E-state index in [9.17, 15) is 18.0 Å². The molecule has 0 radical (unpaired) electrons. The molecule has 1 aromatic heterocycles. The second-order valence-corrected chi connectivity index (χ2v) is 9.65. The van der Waals surface area contributed by atoms with Gasteiger partial charge in [0, 0.05) is 27.9 Å². The first-order valence-electron chi connectivity index (χ1n) is 9.32. The Labute approximate surface area is 184 Å². The lowest BCUT2D eigenvalue weighted by Crippen LogP contribution is -2.40. The van der Waals surface area contributed by atoms with E-state index in [4.69, 9.17) is 0 Å². The second kappa shape index (κ2) is 10.2. The van der Waals surface area contributed by atoms with E-state index >= 15 is 0 Å². The molecule has 0 saturated carbocycles. The zero-order chi connectivity index (χ0) is 22.3. The highest BCUT2D eigenvalue weighted by molar-refractivity contribution is 7.89. The van der Waals surface area contributed by atoms with Crippen LogP contribution in [0.3, 0.4) is 0 Å². The summed E-state index contributed by atoms with van der Waals surface area (Å²) in [6, 6.07) is 18.5. The van der Waals surface area contributed by atoms with Gasteiger partial charge in [0.15, 0.2) is 0 Å². The Bertz CT molecular complexity index is 1200. The maximum Gasteiger partial charge on any atom is 0.269 e. The highest BCUT2D eigenvalue weighted by atomic mass is 32.2. The molecule has 3 N–H and O–H groups in total. The number of sulfonamides is 1. The van der Waals surface area contributed by atoms with E-state index in [1.165, 1.54) is 30.3 Å². The molecule has 7 nitrogen and oxygen atoms in total. The molecule has 0 bridgehead atoms. The summed E-state index contributed by atoms with van der Waals surface area (Å²) >= 11 is 1.54. The fraction of sp³-hybridized carbons (Fsp3) is 0.0909.